The average Bonchev–Trinajstić information content (AvgIpc) is 2.67. The van der Waals surface area contributed by atoms with Gasteiger partial charge in [-0.25, -0.2) is 0 Å². The van der Waals surface area contributed by atoms with Crippen molar-refractivity contribution in [3.05, 3.63) is 77.5 Å². The summed E-state index contributed by atoms with van der Waals surface area (Å²) in [4.78, 5) is 4.43. The number of ether oxygens (including phenoxy) is 1. The van der Waals surface area contributed by atoms with Crippen LogP contribution in [0.15, 0.2) is 60.7 Å². The monoisotopic (exact) mass is 389 g/mol. The Morgan fingerprint density at radius 2 is 1.54 bits per heavy atom. The van der Waals surface area contributed by atoms with Crippen LogP contribution in [-0.4, -0.2) is 21.8 Å². The molecule has 146 valence electrons. The highest BCUT2D eigenvalue weighted by molar-refractivity contribution is 5.61. The number of aliphatic hydroxyl groups is 2. The van der Waals surface area contributed by atoms with Crippen molar-refractivity contribution in [2.75, 3.05) is 6.61 Å². The van der Waals surface area contributed by atoms with Gasteiger partial charge in [0.2, 0.25) is 0 Å². The van der Waals surface area contributed by atoms with Crippen LogP contribution in [0.5, 0.6) is 11.5 Å². The number of rotatable bonds is 5. The zero-order valence-corrected chi connectivity index (χ0v) is 14.9. The third kappa shape index (κ3) is 4.68. The Morgan fingerprint density at radius 3 is 2.07 bits per heavy atom. The predicted molar refractivity (Wildman–Crippen MR) is 98.0 cm³/mol. The summed E-state index contributed by atoms with van der Waals surface area (Å²) in [6.07, 6.45) is -5.37. The van der Waals surface area contributed by atoms with Crippen molar-refractivity contribution in [1.82, 2.24) is 4.98 Å². The summed E-state index contributed by atoms with van der Waals surface area (Å²) in [7, 11) is 0. The number of nitrogens with zero attached hydrogens (tertiary/aromatic N) is 1. The lowest BCUT2D eigenvalue weighted by Crippen LogP contribution is -2.04. The molecule has 0 aliphatic heterocycles. The van der Waals surface area contributed by atoms with Gasteiger partial charge in [0.15, 0.2) is 0 Å². The number of hydrogen-bond acceptors (Lipinski definition) is 4. The zero-order chi connectivity index (χ0) is 20.3. The van der Waals surface area contributed by atoms with Gasteiger partial charge >= 0.3 is 6.18 Å². The van der Waals surface area contributed by atoms with Crippen molar-refractivity contribution in [3.8, 4) is 22.8 Å². The Kier molecular flexibility index (Phi) is 5.67. The number of benzene rings is 2. The van der Waals surface area contributed by atoms with E-state index in [0.717, 1.165) is 17.7 Å². The number of alkyl halides is 3. The quantitative estimate of drug-likeness (QED) is 0.652. The van der Waals surface area contributed by atoms with Crippen LogP contribution in [0.4, 0.5) is 13.2 Å². The minimum absolute atomic E-state index is 0.294. The number of aliphatic hydroxyl groups excluding tert-OH is 2. The van der Waals surface area contributed by atoms with Crippen LogP contribution in [0.1, 0.15) is 22.9 Å². The third-order valence-electron chi connectivity index (χ3n) is 4.10. The van der Waals surface area contributed by atoms with Crippen molar-refractivity contribution in [1.29, 1.82) is 0 Å². The van der Waals surface area contributed by atoms with Crippen LogP contribution in [0.25, 0.3) is 11.3 Å². The molecule has 1 aromatic heterocycles. The highest BCUT2D eigenvalue weighted by atomic mass is 19.4. The smallest absolute Gasteiger partial charge is 0.416 e. The van der Waals surface area contributed by atoms with Gasteiger partial charge < -0.3 is 14.9 Å². The standard InChI is InChI=1S/C21H18F3NO3/c1-13-10-15(20(27)12-26)11-19(25-13)14-2-6-17(7-3-14)28-18-8-4-16(5-9-18)21(22,23)24/h2-11,20,26-27H,12H2,1H3. The Balaban J connectivity index is 1.78. The van der Waals surface area contributed by atoms with Gasteiger partial charge in [-0.05, 0) is 73.2 Å². The highest BCUT2D eigenvalue weighted by Gasteiger charge is 2.30. The lowest BCUT2D eigenvalue weighted by Gasteiger charge is -2.12. The van der Waals surface area contributed by atoms with Gasteiger partial charge in [0.25, 0.3) is 0 Å². The van der Waals surface area contributed by atoms with Crippen molar-refractivity contribution >= 4 is 0 Å². The van der Waals surface area contributed by atoms with Gasteiger partial charge in [0.05, 0.1) is 17.9 Å². The van der Waals surface area contributed by atoms with Crippen molar-refractivity contribution in [3.63, 3.8) is 0 Å². The summed E-state index contributed by atoms with van der Waals surface area (Å²) < 4.78 is 43.4. The maximum absolute atomic E-state index is 12.6. The molecule has 0 bridgehead atoms. The maximum atomic E-state index is 12.6. The van der Waals surface area contributed by atoms with Crippen molar-refractivity contribution in [2.24, 2.45) is 0 Å². The molecule has 1 unspecified atom stereocenters. The molecule has 1 atom stereocenters. The first kappa shape index (κ1) is 19.9. The van der Waals surface area contributed by atoms with Gasteiger partial charge in [-0.15, -0.1) is 0 Å². The number of hydrogen-bond donors (Lipinski definition) is 2. The van der Waals surface area contributed by atoms with Crippen LogP contribution in [-0.2, 0) is 6.18 Å². The molecule has 0 aliphatic rings. The molecule has 2 N–H and O–H groups in total. The Morgan fingerprint density at radius 1 is 0.964 bits per heavy atom. The van der Waals surface area contributed by atoms with Gasteiger partial charge in [-0.3, -0.25) is 4.98 Å². The SMILES string of the molecule is Cc1cc(C(O)CO)cc(-c2ccc(Oc3ccc(C(F)(F)F)cc3)cc2)n1. The Labute approximate surface area is 159 Å². The summed E-state index contributed by atoms with van der Waals surface area (Å²) >= 11 is 0. The van der Waals surface area contributed by atoms with Crippen LogP contribution in [0, 0.1) is 6.92 Å². The Hall–Kier alpha value is -2.90. The molecule has 28 heavy (non-hydrogen) atoms. The predicted octanol–water partition coefficient (Wildman–Crippen LogP) is 4.89. The largest absolute Gasteiger partial charge is 0.457 e. The number of aromatic nitrogens is 1. The maximum Gasteiger partial charge on any atom is 0.416 e. The molecule has 0 radical (unpaired) electrons. The molecule has 0 saturated heterocycles. The average molecular weight is 389 g/mol. The number of aryl methyl sites for hydroxylation is 1. The fourth-order valence-electron chi connectivity index (χ4n) is 2.68. The van der Waals surface area contributed by atoms with E-state index in [4.69, 9.17) is 9.84 Å². The summed E-state index contributed by atoms with van der Waals surface area (Å²) in [5.41, 5.74) is 1.93. The van der Waals surface area contributed by atoms with Gasteiger partial charge in [-0.2, -0.15) is 13.2 Å². The van der Waals surface area contributed by atoms with E-state index in [1.807, 2.05) is 0 Å². The van der Waals surface area contributed by atoms with Crippen LogP contribution in [0.2, 0.25) is 0 Å². The first-order chi connectivity index (χ1) is 13.3. The van der Waals surface area contributed by atoms with E-state index in [0.29, 0.717) is 28.5 Å². The molecule has 7 heteroatoms. The minimum Gasteiger partial charge on any atom is -0.457 e. The molecule has 0 spiro atoms. The highest BCUT2D eigenvalue weighted by Crippen LogP contribution is 2.32. The van der Waals surface area contributed by atoms with E-state index in [-0.39, 0.29) is 6.61 Å². The lowest BCUT2D eigenvalue weighted by molar-refractivity contribution is -0.137. The molecular weight excluding hydrogens is 371 g/mol. The summed E-state index contributed by atoms with van der Waals surface area (Å²) in [5.74, 6) is 0.759. The normalized spacial score (nSPS) is 12.6. The summed E-state index contributed by atoms with van der Waals surface area (Å²) in [6, 6.07) is 14.7. The molecule has 0 aliphatic carbocycles. The van der Waals surface area contributed by atoms with E-state index >= 15 is 0 Å². The molecule has 0 amide bonds. The second kappa shape index (κ2) is 8.00. The first-order valence-corrected chi connectivity index (χ1v) is 8.49. The second-order valence-electron chi connectivity index (χ2n) is 6.27. The molecule has 3 aromatic rings. The van der Waals surface area contributed by atoms with Crippen molar-refractivity contribution in [2.45, 2.75) is 19.2 Å². The molecule has 1 heterocycles. The fourth-order valence-corrected chi connectivity index (χ4v) is 2.68. The fraction of sp³-hybridized carbons (Fsp3) is 0.190. The number of halogens is 3. The van der Waals surface area contributed by atoms with Gasteiger partial charge in [-0.1, -0.05) is 0 Å². The topological polar surface area (TPSA) is 62.6 Å². The lowest BCUT2D eigenvalue weighted by atomic mass is 10.0. The van der Waals surface area contributed by atoms with Crippen LogP contribution < -0.4 is 4.74 Å². The van der Waals surface area contributed by atoms with Gasteiger partial charge in [0, 0.05) is 11.3 Å². The van der Waals surface area contributed by atoms with Crippen LogP contribution >= 0.6 is 0 Å². The minimum atomic E-state index is -4.39. The van der Waals surface area contributed by atoms with Gasteiger partial charge in [0.1, 0.15) is 17.6 Å². The molecule has 3 rings (SSSR count). The van der Waals surface area contributed by atoms with Crippen LogP contribution in [0.3, 0.4) is 0 Å². The van der Waals surface area contributed by atoms with E-state index in [2.05, 4.69) is 4.98 Å². The third-order valence-corrected chi connectivity index (χ3v) is 4.10. The van der Waals surface area contributed by atoms with Crippen molar-refractivity contribution < 1.29 is 28.1 Å². The summed E-state index contributed by atoms with van der Waals surface area (Å²) in [6.45, 7) is 1.40. The molecule has 4 nitrogen and oxygen atoms in total. The number of pyridine rings is 1. The molecule has 2 aromatic carbocycles. The Bertz CT molecular complexity index is 939. The van der Waals surface area contributed by atoms with E-state index in [1.54, 1.807) is 43.3 Å². The first-order valence-electron chi connectivity index (χ1n) is 8.49. The van der Waals surface area contributed by atoms with E-state index in [9.17, 15) is 18.3 Å². The second-order valence-corrected chi connectivity index (χ2v) is 6.27. The molecule has 0 saturated carbocycles. The van der Waals surface area contributed by atoms with E-state index < -0.39 is 17.8 Å². The molecular formula is C21H18F3NO3. The summed E-state index contributed by atoms with van der Waals surface area (Å²) in [5, 5.41) is 19.0. The van der Waals surface area contributed by atoms with E-state index in [1.165, 1.54) is 12.1 Å². The zero-order valence-electron chi connectivity index (χ0n) is 14.9. The molecule has 0 fully saturated rings.